The van der Waals surface area contributed by atoms with Gasteiger partial charge in [-0.2, -0.15) is 10.5 Å². The van der Waals surface area contributed by atoms with Crippen LogP contribution in [0, 0.1) is 22.7 Å². The Morgan fingerprint density at radius 2 is 1.19 bits per heavy atom. The lowest BCUT2D eigenvalue weighted by Gasteiger charge is -2.40. The molecule has 0 saturated carbocycles. The third kappa shape index (κ3) is 4.08. The first kappa shape index (κ1) is 31.2. The predicted octanol–water partition coefficient (Wildman–Crippen LogP) is 11.4. The van der Waals surface area contributed by atoms with Gasteiger partial charge in [0.05, 0.1) is 80.0 Å². The summed E-state index contributed by atoms with van der Waals surface area (Å²) in [4.78, 5) is 12.5. The van der Waals surface area contributed by atoms with Crippen molar-refractivity contribution < 1.29 is 9.47 Å². The SMILES string of the molecule is N#Cc1ccc2c(c1)Oc1ccccc1N2c1cnc2c(c1)C1(c3ccccc3Oc3cccc(-n4c5ccccc5c5cc(C#N)ccc54)c31)c1cccnc1-2. The van der Waals surface area contributed by atoms with E-state index in [2.05, 4.69) is 70.1 Å². The molecule has 12 rings (SSSR count). The van der Waals surface area contributed by atoms with E-state index in [1.54, 1.807) is 6.07 Å². The molecule has 6 aromatic carbocycles. The molecule has 5 heterocycles. The number of ether oxygens (including phenoxy) is 2. The Morgan fingerprint density at radius 3 is 2.11 bits per heavy atom. The minimum atomic E-state index is -0.924. The summed E-state index contributed by atoms with van der Waals surface area (Å²) in [6.07, 6.45) is 3.73. The quantitative estimate of drug-likeness (QED) is 0.174. The monoisotopic (exact) mass is 730 g/mol. The zero-order chi connectivity index (χ0) is 37.8. The Balaban J connectivity index is 1.20. The van der Waals surface area contributed by atoms with Gasteiger partial charge in [0.1, 0.15) is 11.5 Å². The lowest BCUT2D eigenvalue weighted by Crippen LogP contribution is -2.34. The fraction of sp³-hybridized carbons (Fsp3) is 0.0204. The molecular formula is C49H26N6O2. The van der Waals surface area contributed by atoms with E-state index >= 15 is 0 Å². The zero-order valence-corrected chi connectivity index (χ0v) is 30.0. The van der Waals surface area contributed by atoms with Crippen LogP contribution in [0.5, 0.6) is 23.0 Å². The topological polar surface area (TPSA) is 100.0 Å². The third-order valence-corrected chi connectivity index (χ3v) is 11.6. The third-order valence-electron chi connectivity index (χ3n) is 11.6. The van der Waals surface area contributed by atoms with Gasteiger partial charge in [-0.15, -0.1) is 0 Å². The number of nitriles is 2. The second kappa shape index (κ2) is 11.4. The van der Waals surface area contributed by atoms with Gasteiger partial charge in [-0.3, -0.25) is 9.97 Å². The molecule has 0 radical (unpaired) electrons. The summed E-state index contributed by atoms with van der Waals surface area (Å²) < 4.78 is 15.6. The number of nitrogens with zero attached hydrogens (tertiary/aromatic N) is 6. The van der Waals surface area contributed by atoms with E-state index in [1.165, 1.54) is 0 Å². The summed E-state index contributed by atoms with van der Waals surface area (Å²) in [6.45, 7) is 0. The van der Waals surface area contributed by atoms with E-state index in [-0.39, 0.29) is 0 Å². The smallest absolute Gasteiger partial charge is 0.152 e. The number of hydrogen-bond acceptors (Lipinski definition) is 7. The minimum absolute atomic E-state index is 0.512. The van der Waals surface area contributed by atoms with Gasteiger partial charge in [0.2, 0.25) is 0 Å². The highest BCUT2D eigenvalue weighted by Gasteiger charge is 2.54. The van der Waals surface area contributed by atoms with Crippen LogP contribution in [-0.4, -0.2) is 14.5 Å². The molecule has 0 N–H and O–H groups in total. The summed E-state index contributed by atoms with van der Waals surface area (Å²) >= 11 is 0. The molecule has 1 spiro atoms. The van der Waals surface area contributed by atoms with Crippen LogP contribution in [0.2, 0.25) is 0 Å². The van der Waals surface area contributed by atoms with Crippen molar-refractivity contribution >= 4 is 38.9 Å². The Hall–Kier alpha value is -8.20. The number of aromatic nitrogens is 3. The van der Waals surface area contributed by atoms with Gasteiger partial charge in [0.15, 0.2) is 11.5 Å². The van der Waals surface area contributed by atoms with Crippen LogP contribution in [0.25, 0.3) is 38.9 Å². The molecule has 1 unspecified atom stereocenters. The molecule has 0 fully saturated rings. The maximum atomic E-state index is 9.91. The lowest BCUT2D eigenvalue weighted by molar-refractivity contribution is 0.435. The van der Waals surface area contributed by atoms with Crippen LogP contribution >= 0.6 is 0 Å². The second-order valence-corrected chi connectivity index (χ2v) is 14.4. The van der Waals surface area contributed by atoms with Crippen molar-refractivity contribution in [1.29, 1.82) is 10.5 Å². The molecule has 2 aliphatic heterocycles. The standard InChI is InChI=1S/C49H26N6O2/c50-26-29-18-20-38-33(23-29)32-9-1-3-12-37(32)55(38)41-14-7-17-44-46(41)49(34-10-2-5-15-42(34)56-44)35-11-8-22-52-47(35)48-36(49)25-31(28-53-48)54-39-13-4-6-16-43(39)57-45-24-30(27-51)19-21-40(45)54/h1-25,28H. The Bertz CT molecular complexity index is 3320. The zero-order valence-electron chi connectivity index (χ0n) is 30.0. The molecule has 0 saturated heterocycles. The first-order valence-electron chi connectivity index (χ1n) is 18.6. The van der Waals surface area contributed by atoms with Crippen LogP contribution in [0.15, 0.2) is 158 Å². The molecule has 0 bridgehead atoms. The van der Waals surface area contributed by atoms with Gasteiger partial charge >= 0.3 is 0 Å². The van der Waals surface area contributed by atoms with Crippen LogP contribution in [-0.2, 0) is 5.41 Å². The number of pyridine rings is 2. The van der Waals surface area contributed by atoms with Gasteiger partial charge in [0.25, 0.3) is 0 Å². The molecule has 3 aliphatic rings. The van der Waals surface area contributed by atoms with Gasteiger partial charge in [-0.05, 0) is 84.4 Å². The molecule has 1 atom stereocenters. The van der Waals surface area contributed by atoms with Crippen molar-refractivity contribution in [3.8, 4) is 52.2 Å². The highest BCUT2D eigenvalue weighted by atomic mass is 16.5. The van der Waals surface area contributed by atoms with Gasteiger partial charge < -0.3 is 18.9 Å². The Kier molecular flexibility index (Phi) is 6.24. The van der Waals surface area contributed by atoms with Crippen molar-refractivity contribution in [3.05, 3.63) is 191 Å². The average molecular weight is 731 g/mol. The number of anilines is 3. The number of hydrogen-bond donors (Lipinski definition) is 0. The van der Waals surface area contributed by atoms with E-state index in [4.69, 9.17) is 19.4 Å². The summed E-state index contributed by atoms with van der Waals surface area (Å²) in [5.74, 6) is 2.74. The number of para-hydroxylation sites is 4. The van der Waals surface area contributed by atoms with Gasteiger partial charge in [-0.25, -0.2) is 0 Å². The Morgan fingerprint density at radius 1 is 0.509 bits per heavy atom. The van der Waals surface area contributed by atoms with E-state index in [0.29, 0.717) is 22.6 Å². The first-order valence-corrected chi connectivity index (χ1v) is 18.6. The van der Waals surface area contributed by atoms with Crippen molar-refractivity contribution in [2.24, 2.45) is 0 Å². The molecule has 57 heavy (non-hydrogen) atoms. The normalized spacial score (nSPS) is 15.3. The van der Waals surface area contributed by atoms with Crippen molar-refractivity contribution in [2.75, 3.05) is 4.90 Å². The average Bonchev–Trinajstić information content (AvgIpc) is 3.75. The fourth-order valence-corrected chi connectivity index (χ4v) is 9.34. The molecule has 9 aromatic rings. The maximum Gasteiger partial charge on any atom is 0.152 e. The highest BCUT2D eigenvalue weighted by Crippen LogP contribution is 2.63. The summed E-state index contributed by atoms with van der Waals surface area (Å²) in [6, 6.07) is 53.2. The Labute approximate surface area is 326 Å². The van der Waals surface area contributed by atoms with E-state index in [1.807, 2.05) is 103 Å². The summed E-state index contributed by atoms with van der Waals surface area (Å²) in [7, 11) is 0. The fourth-order valence-electron chi connectivity index (χ4n) is 9.34. The van der Waals surface area contributed by atoms with Crippen LogP contribution in [0.3, 0.4) is 0 Å². The minimum Gasteiger partial charge on any atom is -0.457 e. The molecule has 264 valence electrons. The van der Waals surface area contributed by atoms with Gasteiger partial charge in [-0.1, -0.05) is 60.7 Å². The van der Waals surface area contributed by atoms with E-state index < -0.39 is 5.41 Å². The lowest BCUT2D eigenvalue weighted by atomic mass is 9.65. The maximum absolute atomic E-state index is 9.91. The van der Waals surface area contributed by atoms with Crippen molar-refractivity contribution in [1.82, 2.24) is 14.5 Å². The highest BCUT2D eigenvalue weighted by molar-refractivity contribution is 6.10. The van der Waals surface area contributed by atoms with E-state index in [0.717, 1.165) is 89.7 Å². The van der Waals surface area contributed by atoms with Crippen LogP contribution in [0.1, 0.15) is 33.4 Å². The molecular weight excluding hydrogens is 705 g/mol. The second-order valence-electron chi connectivity index (χ2n) is 14.4. The van der Waals surface area contributed by atoms with Crippen LogP contribution < -0.4 is 14.4 Å². The number of fused-ring (bicyclic) bond motifs is 14. The van der Waals surface area contributed by atoms with Crippen molar-refractivity contribution in [3.63, 3.8) is 0 Å². The molecule has 1 aliphatic carbocycles. The predicted molar refractivity (Wildman–Crippen MR) is 218 cm³/mol. The summed E-state index contributed by atoms with van der Waals surface area (Å²) in [5, 5.41) is 21.7. The molecule has 8 nitrogen and oxygen atoms in total. The first-order chi connectivity index (χ1) is 28.2. The summed E-state index contributed by atoms with van der Waals surface area (Å²) in [5.41, 5.74) is 11.1. The van der Waals surface area contributed by atoms with Gasteiger partial charge in [0, 0.05) is 39.7 Å². The van der Waals surface area contributed by atoms with Crippen LogP contribution in [0.4, 0.5) is 17.1 Å². The molecule has 0 amide bonds. The van der Waals surface area contributed by atoms with Crippen molar-refractivity contribution in [2.45, 2.75) is 5.41 Å². The van der Waals surface area contributed by atoms with E-state index in [9.17, 15) is 10.5 Å². The largest absolute Gasteiger partial charge is 0.457 e. The number of rotatable bonds is 2. The molecule has 8 heteroatoms. The number of benzene rings is 6. The molecule has 3 aromatic heterocycles.